The molecular weight excluding hydrogens is 386 g/mol. The number of allylic oxidation sites excluding steroid dienone is 2. The Morgan fingerprint density at radius 1 is 0.935 bits per heavy atom. The highest BCUT2D eigenvalue weighted by Gasteiger charge is 2.44. The minimum Gasteiger partial charge on any atom is -0.489 e. The summed E-state index contributed by atoms with van der Waals surface area (Å²) < 4.78 is 6.07. The van der Waals surface area contributed by atoms with Crippen LogP contribution in [0.4, 0.5) is 0 Å². The first-order valence-corrected chi connectivity index (χ1v) is 11.2. The van der Waals surface area contributed by atoms with Gasteiger partial charge >= 0.3 is 0 Å². The van der Waals surface area contributed by atoms with Gasteiger partial charge in [-0.05, 0) is 55.9 Å². The van der Waals surface area contributed by atoms with Crippen molar-refractivity contribution >= 4 is 17.3 Å². The normalized spacial score (nSPS) is 23.2. The van der Waals surface area contributed by atoms with Crippen molar-refractivity contribution in [2.45, 2.75) is 58.0 Å². The Morgan fingerprint density at radius 3 is 2.58 bits per heavy atom. The Hall–Kier alpha value is -3.01. The first-order chi connectivity index (χ1) is 15.1. The van der Waals surface area contributed by atoms with E-state index in [1.165, 1.54) is 5.56 Å². The van der Waals surface area contributed by atoms with Crippen LogP contribution in [0.15, 0.2) is 64.8 Å². The summed E-state index contributed by atoms with van der Waals surface area (Å²) in [6, 6.07) is 16.2. The molecule has 1 heterocycles. The number of carbonyl (C=O) groups is 2. The first-order valence-electron chi connectivity index (χ1n) is 11.2. The number of aliphatic imine (C=N–C) groups is 1. The maximum absolute atomic E-state index is 13.0. The fourth-order valence-corrected chi connectivity index (χ4v) is 5.11. The summed E-state index contributed by atoms with van der Waals surface area (Å²) in [6.07, 6.45) is 4.50. The number of ketones is 2. The minimum absolute atomic E-state index is 0.151. The number of carbonyl (C=O) groups excluding carboxylic acids is 2. The predicted molar refractivity (Wildman–Crippen MR) is 120 cm³/mol. The van der Waals surface area contributed by atoms with Crippen LogP contribution in [0, 0.1) is 12.8 Å². The van der Waals surface area contributed by atoms with Gasteiger partial charge in [-0.3, -0.25) is 14.6 Å². The van der Waals surface area contributed by atoms with Gasteiger partial charge in [-0.2, -0.15) is 0 Å². The van der Waals surface area contributed by atoms with Crippen LogP contribution in [0.1, 0.15) is 61.1 Å². The third-order valence-corrected chi connectivity index (χ3v) is 6.66. The molecule has 0 aromatic heterocycles. The van der Waals surface area contributed by atoms with Gasteiger partial charge in [0.1, 0.15) is 18.1 Å². The van der Waals surface area contributed by atoms with Crippen LogP contribution in [-0.4, -0.2) is 17.3 Å². The molecule has 31 heavy (non-hydrogen) atoms. The van der Waals surface area contributed by atoms with Crippen LogP contribution >= 0.6 is 0 Å². The van der Waals surface area contributed by atoms with Gasteiger partial charge in [-0.15, -0.1) is 0 Å². The summed E-state index contributed by atoms with van der Waals surface area (Å²) in [4.78, 5) is 30.7. The summed E-state index contributed by atoms with van der Waals surface area (Å²) >= 11 is 0. The number of rotatable bonds is 4. The molecule has 2 atom stereocenters. The van der Waals surface area contributed by atoms with Crippen LogP contribution < -0.4 is 4.74 Å². The second-order valence-corrected chi connectivity index (χ2v) is 8.86. The molecule has 1 fully saturated rings. The van der Waals surface area contributed by atoms with Crippen LogP contribution in [0.2, 0.25) is 0 Å². The van der Waals surface area contributed by atoms with Gasteiger partial charge in [0.15, 0.2) is 5.78 Å². The van der Waals surface area contributed by atoms with E-state index in [-0.39, 0.29) is 23.4 Å². The summed E-state index contributed by atoms with van der Waals surface area (Å²) in [5.74, 6) is 0.591. The molecule has 0 bridgehead atoms. The molecule has 4 nitrogen and oxygen atoms in total. The number of hydrogen-bond donors (Lipinski definition) is 0. The van der Waals surface area contributed by atoms with Crippen molar-refractivity contribution in [1.29, 1.82) is 0 Å². The monoisotopic (exact) mass is 413 g/mol. The molecule has 0 spiro atoms. The van der Waals surface area contributed by atoms with E-state index in [1.54, 1.807) is 0 Å². The van der Waals surface area contributed by atoms with Crippen molar-refractivity contribution in [2.75, 3.05) is 0 Å². The Balaban J connectivity index is 1.48. The topological polar surface area (TPSA) is 55.7 Å². The van der Waals surface area contributed by atoms with Crippen molar-refractivity contribution in [3.63, 3.8) is 0 Å². The summed E-state index contributed by atoms with van der Waals surface area (Å²) in [5.41, 5.74) is 5.97. The van der Waals surface area contributed by atoms with Crippen molar-refractivity contribution < 1.29 is 14.3 Å². The zero-order chi connectivity index (χ0) is 21.4. The van der Waals surface area contributed by atoms with Gasteiger partial charge < -0.3 is 4.74 Å². The largest absolute Gasteiger partial charge is 0.489 e. The SMILES string of the molecule is Cc1ccc(COc2cccc([C@H]3C4=C(CCCC4=O)N=C4CCCC(=O)C43)c2)cc1. The van der Waals surface area contributed by atoms with E-state index in [0.717, 1.165) is 59.5 Å². The lowest BCUT2D eigenvalue weighted by atomic mass is 9.67. The molecule has 3 aliphatic rings. The molecule has 1 unspecified atom stereocenters. The zero-order valence-electron chi connectivity index (χ0n) is 17.9. The third kappa shape index (κ3) is 3.87. The molecule has 2 aromatic carbocycles. The van der Waals surface area contributed by atoms with Crippen LogP contribution in [0.25, 0.3) is 0 Å². The molecule has 2 aromatic rings. The molecule has 1 aliphatic heterocycles. The number of nitrogens with zero attached hydrogens (tertiary/aromatic N) is 1. The number of Topliss-reactive ketones (excluding diaryl/α,β-unsaturated/α-hetero) is 2. The Bertz CT molecular complexity index is 1090. The average molecular weight is 414 g/mol. The average Bonchev–Trinajstić information content (AvgIpc) is 2.78. The number of hydrogen-bond acceptors (Lipinski definition) is 4. The number of benzene rings is 2. The first kappa shape index (κ1) is 19.9. The highest BCUT2D eigenvalue weighted by atomic mass is 16.5. The standard InChI is InChI=1S/C27H27NO3/c1-17-11-13-18(14-12-17)16-31-20-6-2-5-19(15-20)25-26-21(7-3-9-23(26)29)28-22-8-4-10-24(30)27(22)25/h2,5-6,11-15,25-26H,3-4,7-10,16H2,1H3/t25-,26?/m1/s1. The predicted octanol–water partition coefficient (Wildman–Crippen LogP) is 5.49. The zero-order valence-corrected chi connectivity index (χ0v) is 17.9. The lowest BCUT2D eigenvalue weighted by Crippen LogP contribution is -2.39. The molecule has 4 heteroatoms. The van der Waals surface area contributed by atoms with E-state index in [2.05, 4.69) is 31.2 Å². The van der Waals surface area contributed by atoms with Gasteiger partial charge in [0, 0.05) is 35.7 Å². The fraction of sp³-hybridized carbons (Fsp3) is 0.370. The van der Waals surface area contributed by atoms with Crippen molar-refractivity contribution in [3.05, 3.63) is 76.5 Å². The van der Waals surface area contributed by atoms with E-state index < -0.39 is 0 Å². The Labute approximate surface area is 183 Å². The Kier molecular flexibility index (Phi) is 5.31. The Morgan fingerprint density at radius 2 is 1.74 bits per heavy atom. The molecule has 0 saturated heterocycles. The van der Waals surface area contributed by atoms with Crippen molar-refractivity contribution in [1.82, 2.24) is 0 Å². The quantitative estimate of drug-likeness (QED) is 0.666. The molecule has 0 N–H and O–H groups in total. The van der Waals surface area contributed by atoms with Crippen molar-refractivity contribution in [2.24, 2.45) is 10.9 Å². The molecule has 5 rings (SSSR count). The van der Waals surface area contributed by atoms with Crippen molar-refractivity contribution in [3.8, 4) is 5.75 Å². The van der Waals surface area contributed by atoms with E-state index in [0.29, 0.717) is 19.4 Å². The van der Waals surface area contributed by atoms with Gasteiger partial charge in [-0.25, -0.2) is 0 Å². The van der Waals surface area contributed by atoms with Crippen LogP contribution in [-0.2, 0) is 16.2 Å². The fourth-order valence-electron chi connectivity index (χ4n) is 5.11. The number of fused-ring (bicyclic) bond motifs is 1. The summed E-state index contributed by atoms with van der Waals surface area (Å²) in [5, 5.41) is 0. The second kappa shape index (κ2) is 8.26. The van der Waals surface area contributed by atoms with E-state index in [1.807, 2.05) is 24.3 Å². The van der Waals surface area contributed by atoms with Crippen LogP contribution in [0.3, 0.4) is 0 Å². The van der Waals surface area contributed by atoms with E-state index >= 15 is 0 Å². The molecule has 0 radical (unpaired) electrons. The van der Waals surface area contributed by atoms with Gasteiger partial charge in [-0.1, -0.05) is 42.0 Å². The number of aryl methyl sites for hydroxylation is 1. The maximum Gasteiger partial charge on any atom is 0.161 e. The van der Waals surface area contributed by atoms with Gasteiger partial charge in [0.25, 0.3) is 0 Å². The number of ether oxygens (including phenoxy) is 1. The summed E-state index contributed by atoms with van der Waals surface area (Å²) in [6.45, 7) is 2.55. The molecule has 158 valence electrons. The van der Waals surface area contributed by atoms with E-state index in [4.69, 9.17) is 9.73 Å². The maximum atomic E-state index is 13.0. The smallest absolute Gasteiger partial charge is 0.161 e. The lowest BCUT2D eigenvalue weighted by molar-refractivity contribution is -0.122. The second-order valence-electron chi connectivity index (χ2n) is 8.86. The van der Waals surface area contributed by atoms with Crippen LogP contribution in [0.5, 0.6) is 5.75 Å². The lowest BCUT2D eigenvalue weighted by Gasteiger charge is -2.38. The van der Waals surface area contributed by atoms with Gasteiger partial charge in [0.05, 0.1) is 5.92 Å². The highest BCUT2D eigenvalue weighted by Crippen LogP contribution is 2.46. The third-order valence-electron chi connectivity index (χ3n) is 6.66. The summed E-state index contributed by atoms with van der Waals surface area (Å²) in [7, 11) is 0. The molecule has 1 saturated carbocycles. The molecule has 2 aliphatic carbocycles. The molecular formula is C27H27NO3. The van der Waals surface area contributed by atoms with Gasteiger partial charge in [0.2, 0.25) is 0 Å². The molecule has 0 amide bonds. The minimum atomic E-state index is -0.304. The highest BCUT2D eigenvalue weighted by molar-refractivity contribution is 6.12. The van der Waals surface area contributed by atoms with E-state index in [9.17, 15) is 9.59 Å².